The van der Waals surface area contributed by atoms with E-state index in [-0.39, 0.29) is 0 Å². The molecular weight excluding hydrogens is 170 g/mol. The van der Waals surface area contributed by atoms with Crippen molar-refractivity contribution in [3.63, 3.8) is 0 Å². The topological polar surface area (TPSA) is 23.9 Å². The zero-order valence-corrected chi connectivity index (χ0v) is 7.77. The Balaban J connectivity index is 2.32. The van der Waals surface area contributed by atoms with Crippen molar-refractivity contribution in [2.45, 2.75) is 0 Å². The Morgan fingerprint density at radius 1 is 0.929 bits per heavy atom. The minimum atomic E-state index is 0.566. The Morgan fingerprint density at radius 3 is 2.36 bits per heavy atom. The van der Waals surface area contributed by atoms with Crippen LogP contribution in [0.3, 0.4) is 0 Å². The smallest absolute Gasteiger partial charge is 0.0612 e. The molecule has 0 radical (unpaired) electrons. The van der Waals surface area contributed by atoms with E-state index < -0.39 is 0 Å². The number of allylic oxidation sites excluding steroid dienone is 5. The fraction of sp³-hybridized carbons (Fsp3) is 0. The van der Waals surface area contributed by atoms with Crippen LogP contribution in [0.4, 0.5) is 0 Å². The summed E-state index contributed by atoms with van der Waals surface area (Å²) < 4.78 is 0. The molecule has 0 aromatic heterocycles. The van der Waals surface area contributed by atoms with Gasteiger partial charge in [0.15, 0.2) is 0 Å². The van der Waals surface area contributed by atoms with Gasteiger partial charge in [-0.1, -0.05) is 48.6 Å². The van der Waals surface area contributed by atoms with Crippen LogP contribution in [-0.4, -0.2) is 5.71 Å². The summed E-state index contributed by atoms with van der Waals surface area (Å²) in [4.78, 5) is 0. The Bertz CT molecular complexity index is 422. The molecule has 1 nitrogen and oxygen atoms in total. The van der Waals surface area contributed by atoms with Gasteiger partial charge in [0, 0.05) is 0 Å². The first-order valence-electron chi connectivity index (χ1n) is 4.57. The molecule has 0 spiro atoms. The monoisotopic (exact) mass is 181 g/mol. The fourth-order valence-corrected chi connectivity index (χ4v) is 1.35. The summed E-state index contributed by atoms with van der Waals surface area (Å²) in [5.74, 6) is 0. The van der Waals surface area contributed by atoms with Gasteiger partial charge < -0.3 is 5.41 Å². The third-order valence-corrected chi connectivity index (χ3v) is 2.08. The summed E-state index contributed by atoms with van der Waals surface area (Å²) in [6.07, 6.45) is 9.60. The third kappa shape index (κ3) is 1.88. The molecule has 1 aliphatic carbocycles. The Hall–Kier alpha value is -1.89. The van der Waals surface area contributed by atoms with Crippen LogP contribution in [0.25, 0.3) is 6.08 Å². The number of nitrogens with one attached hydrogen (secondary N) is 1. The predicted octanol–water partition coefficient (Wildman–Crippen LogP) is 3.22. The van der Waals surface area contributed by atoms with E-state index in [0.29, 0.717) is 5.71 Å². The first kappa shape index (κ1) is 8.70. The van der Waals surface area contributed by atoms with E-state index in [1.807, 2.05) is 54.6 Å². The normalized spacial score (nSPS) is 17.7. The second kappa shape index (κ2) is 3.88. The molecule has 1 heteroatoms. The number of benzene rings is 1. The van der Waals surface area contributed by atoms with Gasteiger partial charge in [-0.2, -0.15) is 0 Å². The highest BCUT2D eigenvalue weighted by Crippen LogP contribution is 2.12. The molecule has 1 aromatic carbocycles. The molecule has 1 aromatic rings. The SMILES string of the molecule is N=C1C=CC=C/C1=C/c1ccccc1. The van der Waals surface area contributed by atoms with E-state index >= 15 is 0 Å². The van der Waals surface area contributed by atoms with Gasteiger partial charge >= 0.3 is 0 Å². The van der Waals surface area contributed by atoms with Crippen molar-refractivity contribution in [1.29, 1.82) is 5.41 Å². The van der Waals surface area contributed by atoms with Crippen molar-refractivity contribution in [2.75, 3.05) is 0 Å². The van der Waals surface area contributed by atoms with E-state index in [9.17, 15) is 0 Å². The highest BCUT2D eigenvalue weighted by molar-refractivity contribution is 6.12. The molecule has 0 aliphatic heterocycles. The summed E-state index contributed by atoms with van der Waals surface area (Å²) in [5, 5.41) is 7.69. The average molecular weight is 181 g/mol. The van der Waals surface area contributed by atoms with Crippen molar-refractivity contribution < 1.29 is 0 Å². The van der Waals surface area contributed by atoms with Gasteiger partial charge in [0.25, 0.3) is 0 Å². The minimum absolute atomic E-state index is 0.566. The van der Waals surface area contributed by atoms with Gasteiger partial charge in [-0.25, -0.2) is 0 Å². The van der Waals surface area contributed by atoms with Gasteiger partial charge in [-0.15, -0.1) is 0 Å². The molecule has 0 amide bonds. The van der Waals surface area contributed by atoms with Gasteiger partial charge in [0.2, 0.25) is 0 Å². The molecule has 2 rings (SSSR count). The highest BCUT2D eigenvalue weighted by Gasteiger charge is 2.00. The van der Waals surface area contributed by atoms with Gasteiger partial charge in [-0.3, -0.25) is 0 Å². The van der Waals surface area contributed by atoms with E-state index in [2.05, 4.69) is 0 Å². The second-order valence-electron chi connectivity index (χ2n) is 3.14. The molecule has 0 saturated heterocycles. The molecule has 0 saturated carbocycles. The molecule has 0 heterocycles. The van der Waals surface area contributed by atoms with Crippen LogP contribution in [0.15, 0.2) is 60.2 Å². The van der Waals surface area contributed by atoms with Crippen molar-refractivity contribution in [3.05, 3.63) is 65.8 Å². The van der Waals surface area contributed by atoms with Crippen molar-refractivity contribution in [2.24, 2.45) is 0 Å². The lowest BCUT2D eigenvalue weighted by atomic mass is 10.0. The fourth-order valence-electron chi connectivity index (χ4n) is 1.35. The lowest BCUT2D eigenvalue weighted by molar-refractivity contribution is 1.50. The summed E-state index contributed by atoms with van der Waals surface area (Å²) in [6.45, 7) is 0. The average Bonchev–Trinajstić information content (AvgIpc) is 2.23. The molecule has 0 bridgehead atoms. The standard InChI is InChI=1S/C13H11N/c14-13-9-5-4-8-12(13)10-11-6-2-1-3-7-11/h1-10,14H/b12-10-,14-13?. The van der Waals surface area contributed by atoms with Gasteiger partial charge in [0.1, 0.15) is 0 Å². The summed E-state index contributed by atoms with van der Waals surface area (Å²) in [5.41, 5.74) is 2.65. The Morgan fingerprint density at radius 2 is 1.64 bits per heavy atom. The van der Waals surface area contributed by atoms with Crippen LogP contribution in [-0.2, 0) is 0 Å². The first-order chi connectivity index (χ1) is 6.86. The number of hydrogen-bond donors (Lipinski definition) is 1. The lowest BCUT2D eigenvalue weighted by Gasteiger charge is -2.03. The molecule has 1 aliphatic rings. The van der Waals surface area contributed by atoms with Crippen LogP contribution in [0.1, 0.15) is 5.56 Å². The zero-order chi connectivity index (χ0) is 9.80. The van der Waals surface area contributed by atoms with E-state index in [1.165, 1.54) is 0 Å². The maximum absolute atomic E-state index is 7.69. The van der Waals surface area contributed by atoms with Gasteiger partial charge in [0.05, 0.1) is 5.71 Å². The van der Waals surface area contributed by atoms with Crippen LogP contribution >= 0.6 is 0 Å². The van der Waals surface area contributed by atoms with Crippen LogP contribution in [0, 0.1) is 5.41 Å². The summed E-state index contributed by atoms with van der Waals surface area (Å²) in [7, 11) is 0. The van der Waals surface area contributed by atoms with Crippen LogP contribution < -0.4 is 0 Å². The van der Waals surface area contributed by atoms with E-state index in [4.69, 9.17) is 5.41 Å². The molecule has 0 fully saturated rings. The molecular formula is C13H11N. The minimum Gasteiger partial charge on any atom is -0.300 e. The van der Waals surface area contributed by atoms with Crippen molar-refractivity contribution in [1.82, 2.24) is 0 Å². The predicted molar refractivity (Wildman–Crippen MR) is 60.4 cm³/mol. The molecule has 14 heavy (non-hydrogen) atoms. The summed E-state index contributed by atoms with van der Waals surface area (Å²) >= 11 is 0. The zero-order valence-electron chi connectivity index (χ0n) is 7.77. The maximum Gasteiger partial charge on any atom is 0.0612 e. The van der Waals surface area contributed by atoms with E-state index in [0.717, 1.165) is 11.1 Å². The van der Waals surface area contributed by atoms with Crippen molar-refractivity contribution >= 4 is 11.8 Å². The molecule has 1 N–H and O–H groups in total. The lowest BCUT2D eigenvalue weighted by Crippen LogP contribution is -1.96. The van der Waals surface area contributed by atoms with Crippen molar-refractivity contribution in [3.8, 4) is 0 Å². The Labute approximate surface area is 83.6 Å². The molecule has 0 unspecified atom stereocenters. The van der Waals surface area contributed by atoms with Crippen LogP contribution in [0.5, 0.6) is 0 Å². The quantitative estimate of drug-likeness (QED) is 0.687. The highest BCUT2D eigenvalue weighted by atomic mass is 14.4. The Kier molecular flexibility index (Phi) is 2.41. The summed E-state index contributed by atoms with van der Waals surface area (Å²) in [6, 6.07) is 10.1. The maximum atomic E-state index is 7.69. The van der Waals surface area contributed by atoms with Gasteiger partial charge in [-0.05, 0) is 23.3 Å². The number of hydrogen-bond acceptors (Lipinski definition) is 1. The number of rotatable bonds is 1. The largest absolute Gasteiger partial charge is 0.300 e. The van der Waals surface area contributed by atoms with E-state index in [1.54, 1.807) is 6.08 Å². The molecule has 0 atom stereocenters. The first-order valence-corrected chi connectivity index (χ1v) is 4.57. The molecule has 68 valence electrons. The third-order valence-electron chi connectivity index (χ3n) is 2.08. The second-order valence-corrected chi connectivity index (χ2v) is 3.14. The van der Waals surface area contributed by atoms with Crippen LogP contribution in [0.2, 0.25) is 0 Å².